The van der Waals surface area contributed by atoms with E-state index < -0.39 is 0 Å². The van der Waals surface area contributed by atoms with Crippen molar-refractivity contribution >= 4 is 11.6 Å². The maximum Gasteiger partial charge on any atom is 0.149 e. The number of nitriles is 1. The average Bonchev–Trinajstić information content (AvgIpc) is 2.35. The number of aromatic nitrogens is 2. The molecule has 1 heterocycles. The third-order valence-corrected chi connectivity index (χ3v) is 2.38. The van der Waals surface area contributed by atoms with Crippen molar-refractivity contribution in [2.45, 2.75) is 27.2 Å². The van der Waals surface area contributed by atoms with E-state index in [1.54, 1.807) is 12.4 Å². The third-order valence-electron chi connectivity index (χ3n) is 2.38. The molecule has 1 aromatic heterocycles. The predicted octanol–water partition coefficient (Wildman–Crippen LogP) is 2.28. The second-order valence-electron chi connectivity index (χ2n) is 4.54. The molecule has 1 N–H and O–H groups in total. The second kappa shape index (κ2) is 7.49. The van der Waals surface area contributed by atoms with Gasteiger partial charge in [-0.25, -0.2) is 4.98 Å². The van der Waals surface area contributed by atoms with Gasteiger partial charge in [0.25, 0.3) is 0 Å². The lowest BCUT2D eigenvalue weighted by atomic mass is 10.2. The Hall–Kier alpha value is -1.83. The fourth-order valence-electron chi connectivity index (χ4n) is 1.70. The lowest BCUT2D eigenvalue weighted by molar-refractivity contribution is 0.607. The molecule has 0 saturated heterocycles. The monoisotopic (exact) mass is 247 g/mol. The highest BCUT2D eigenvalue weighted by atomic mass is 15.2. The average molecular weight is 247 g/mol. The summed E-state index contributed by atoms with van der Waals surface area (Å²) in [5.41, 5.74) is 0. The summed E-state index contributed by atoms with van der Waals surface area (Å²) in [5.74, 6) is 2.13. The van der Waals surface area contributed by atoms with E-state index in [2.05, 4.69) is 40.1 Å². The summed E-state index contributed by atoms with van der Waals surface area (Å²) in [6.45, 7) is 8.73. The smallest absolute Gasteiger partial charge is 0.149 e. The zero-order valence-corrected chi connectivity index (χ0v) is 11.3. The first-order valence-electron chi connectivity index (χ1n) is 6.35. The van der Waals surface area contributed by atoms with Crippen molar-refractivity contribution in [3.63, 3.8) is 0 Å². The summed E-state index contributed by atoms with van der Waals surface area (Å²) in [4.78, 5) is 10.8. The number of hydrogen-bond acceptors (Lipinski definition) is 5. The Bertz CT molecular complexity index is 397. The van der Waals surface area contributed by atoms with Crippen LogP contribution in [-0.4, -0.2) is 29.6 Å². The molecular formula is C13H21N5. The molecule has 0 unspecified atom stereocenters. The Kier molecular flexibility index (Phi) is 5.92. The van der Waals surface area contributed by atoms with Gasteiger partial charge in [-0.15, -0.1) is 0 Å². The minimum Gasteiger partial charge on any atom is -0.369 e. The molecule has 0 amide bonds. The lowest BCUT2D eigenvalue weighted by Gasteiger charge is -2.24. The fraction of sp³-hybridized carbons (Fsp3) is 0.615. The standard InChI is InChI=1S/C13H21N5/c1-4-16-12-8-15-9-13(17-12)18(7-5-6-14)10-11(2)3/h8-9,11H,4-5,7,10H2,1-3H3,(H,16,17). The highest BCUT2D eigenvalue weighted by Crippen LogP contribution is 2.14. The quantitative estimate of drug-likeness (QED) is 0.800. The molecule has 1 rings (SSSR count). The summed E-state index contributed by atoms with van der Waals surface area (Å²) < 4.78 is 0. The van der Waals surface area contributed by atoms with E-state index in [4.69, 9.17) is 5.26 Å². The molecule has 0 aromatic carbocycles. The molecule has 0 bridgehead atoms. The highest BCUT2D eigenvalue weighted by Gasteiger charge is 2.10. The van der Waals surface area contributed by atoms with Crippen LogP contribution >= 0.6 is 0 Å². The largest absolute Gasteiger partial charge is 0.369 e. The maximum atomic E-state index is 8.71. The Morgan fingerprint density at radius 3 is 2.83 bits per heavy atom. The van der Waals surface area contributed by atoms with Crippen molar-refractivity contribution in [2.75, 3.05) is 29.9 Å². The molecule has 0 fully saturated rings. The van der Waals surface area contributed by atoms with E-state index in [1.807, 2.05) is 6.92 Å². The molecule has 0 saturated carbocycles. The number of rotatable bonds is 7. The Labute approximate surface area is 109 Å². The molecule has 0 atom stereocenters. The van der Waals surface area contributed by atoms with Gasteiger partial charge in [0.2, 0.25) is 0 Å². The molecular weight excluding hydrogens is 226 g/mol. The summed E-state index contributed by atoms with van der Waals surface area (Å²) in [7, 11) is 0. The first-order valence-corrected chi connectivity index (χ1v) is 6.35. The lowest BCUT2D eigenvalue weighted by Crippen LogP contribution is -2.29. The maximum absolute atomic E-state index is 8.71. The van der Waals surface area contributed by atoms with Crippen LogP contribution in [0.25, 0.3) is 0 Å². The highest BCUT2D eigenvalue weighted by molar-refractivity contribution is 5.43. The normalized spacial score (nSPS) is 10.2. The summed E-state index contributed by atoms with van der Waals surface area (Å²) in [5, 5.41) is 11.9. The van der Waals surface area contributed by atoms with Crippen molar-refractivity contribution in [3.05, 3.63) is 12.4 Å². The molecule has 0 aliphatic heterocycles. The van der Waals surface area contributed by atoms with Crippen molar-refractivity contribution in [3.8, 4) is 6.07 Å². The van der Waals surface area contributed by atoms with Crippen molar-refractivity contribution < 1.29 is 0 Å². The fourth-order valence-corrected chi connectivity index (χ4v) is 1.70. The van der Waals surface area contributed by atoms with Gasteiger partial charge in [0.1, 0.15) is 11.6 Å². The molecule has 18 heavy (non-hydrogen) atoms. The SMILES string of the molecule is CCNc1cncc(N(CCC#N)CC(C)C)n1. The van der Waals surface area contributed by atoms with Gasteiger partial charge in [0, 0.05) is 19.6 Å². The molecule has 0 spiro atoms. The van der Waals surface area contributed by atoms with E-state index >= 15 is 0 Å². The Morgan fingerprint density at radius 1 is 1.44 bits per heavy atom. The van der Waals surface area contributed by atoms with Gasteiger partial charge in [-0.2, -0.15) is 5.26 Å². The van der Waals surface area contributed by atoms with Crippen LogP contribution in [0.4, 0.5) is 11.6 Å². The molecule has 5 heteroatoms. The van der Waals surface area contributed by atoms with Crippen LogP contribution in [0.1, 0.15) is 27.2 Å². The Morgan fingerprint density at radius 2 is 2.22 bits per heavy atom. The van der Waals surface area contributed by atoms with E-state index in [1.165, 1.54) is 0 Å². The minimum absolute atomic E-state index is 0.500. The van der Waals surface area contributed by atoms with Crippen molar-refractivity contribution in [2.24, 2.45) is 5.92 Å². The Balaban J connectivity index is 2.82. The molecule has 98 valence electrons. The predicted molar refractivity (Wildman–Crippen MR) is 73.5 cm³/mol. The zero-order valence-electron chi connectivity index (χ0n) is 11.3. The topological polar surface area (TPSA) is 64.8 Å². The first kappa shape index (κ1) is 14.2. The molecule has 5 nitrogen and oxygen atoms in total. The minimum atomic E-state index is 0.500. The van der Waals surface area contributed by atoms with E-state index in [9.17, 15) is 0 Å². The third kappa shape index (κ3) is 4.58. The van der Waals surface area contributed by atoms with Gasteiger partial charge < -0.3 is 10.2 Å². The van der Waals surface area contributed by atoms with Crippen LogP contribution in [0, 0.1) is 17.2 Å². The van der Waals surface area contributed by atoms with Gasteiger partial charge in [-0.1, -0.05) is 13.8 Å². The molecule has 0 aliphatic carbocycles. The van der Waals surface area contributed by atoms with Crippen LogP contribution in [0.5, 0.6) is 0 Å². The van der Waals surface area contributed by atoms with Crippen LogP contribution in [-0.2, 0) is 0 Å². The number of hydrogen-bond donors (Lipinski definition) is 1. The number of nitrogens with one attached hydrogen (secondary N) is 1. The van der Waals surface area contributed by atoms with Crippen molar-refractivity contribution in [1.82, 2.24) is 9.97 Å². The van der Waals surface area contributed by atoms with Crippen LogP contribution in [0.15, 0.2) is 12.4 Å². The van der Waals surface area contributed by atoms with Gasteiger partial charge in [-0.05, 0) is 12.8 Å². The van der Waals surface area contributed by atoms with Gasteiger partial charge >= 0.3 is 0 Å². The molecule has 0 aliphatic rings. The van der Waals surface area contributed by atoms with E-state index in [-0.39, 0.29) is 0 Å². The number of anilines is 2. The summed E-state index contributed by atoms with van der Waals surface area (Å²) in [6, 6.07) is 2.18. The first-order chi connectivity index (χ1) is 8.67. The zero-order chi connectivity index (χ0) is 13.4. The van der Waals surface area contributed by atoms with E-state index in [0.29, 0.717) is 18.9 Å². The molecule has 0 radical (unpaired) electrons. The second-order valence-corrected chi connectivity index (χ2v) is 4.54. The van der Waals surface area contributed by atoms with E-state index in [0.717, 1.165) is 24.7 Å². The summed E-state index contributed by atoms with van der Waals surface area (Å²) in [6.07, 6.45) is 3.96. The van der Waals surface area contributed by atoms with Crippen LogP contribution in [0.2, 0.25) is 0 Å². The van der Waals surface area contributed by atoms with Gasteiger partial charge in [-0.3, -0.25) is 4.98 Å². The van der Waals surface area contributed by atoms with Gasteiger partial charge in [0.05, 0.1) is 24.9 Å². The van der Waals surface area contributed by atoms with Crippen LogP contribution in [0.3, 0.4) is 0 Å². The molecule has 1 aromatic rings. The van der Waals surface area contributed by atoms with Gasteiger partial charge in [0.15, 0.2) is 0 Å². The van der Waals surface area contributed by atoms with Crippen molar-refractivity contribution in [1.29, 1.82) is 5.26 Å². The number of nitrogens with zero attached hydrogens (tertiary/aromatic N) is 4. The summed E-state index contributed by atoms with van der Waals surface area (Å²) >= 11 is 0. The van der Waals surface area contributed by atoms with Crippen LogP contribution < -0.4 is 10.2 Å².